The minimum atomic E-state index is -0.113. The number of hydrogen-bond donors (Lipinski definition) is 0. The number of nitrogens with zero attached hydrogens (tertiary/aromatic N) is 3. The molecule has 2 aromatic rings. The molecule has 0 bridgehead atoms. The van der Waals surface area contributed by atoms with Gasteiger partial charge in [-0.1, -0.05) is 11.6 Å². The first-order valence-electron chi connectivity index (χ1n) is 6.93. The number of ketones is 1. The molecule has 110 valence electrons. The van der Waals surface area contributed by atoms with E-state index >= 15 is 0 Å². The van der Waals surface area contributed by atoms with Crippen molar-refractivity contribution in [2.75, 3.05) is 0 Å². The number of aryl methyl sites for hydroxylation is 2. The first-order chi connectivity index (χ1) is 9.99. The number of carbonyl (C=O) groups is 1. The molecule has 21 heavy (non-hydrogen) atoms. The van der Waals surface area contributed by atoms with E-state index in [1.54, 1.807) is 22.4 Å². The van der Waals surface area contributed by atoms with Crippen LogP contribution in [0.25, 0.3) is 0 Å². The standard InChI is InChI=1S/C15H16ClN3O2/c1-9-15(16)12(18(2)17-9)8-19-11-4-3-5-13(20)10(11)6-7-14(19)21/h6-7H,3-5,8H2,1-2H3. The van der Waals surface area contributed by atoms with Gasteiger partial charge in [-0.15, -0.1) is 0 Å². The molecule has 0 atom stereocenters. The lowest BCUT2D eigenvalue weighted by molar-refractivity contribution is 0.0970. The molecular weight excluding hydrogens is 290 g/mol. The molecule has 0 N–H and O–H groups in total. The highest BCUT2D eigenvalue weighted by molar-refractivity contribution is 6.31. The summed E-state index contributed by atoms with van der Waals surface area (Å²) in [5.74, 6) is 0.109. The summed E-state index contributed by atoms with van der Waals surface area (Å²) in [7, 11) is 1.81. The van der Waals surface area contributed by atoms with Crippen molar-refractivity contribution < 1.29 is 4.79 Å². The minimum Gasteiger partial charge on any atom is -0.306 e. The fourth-order valence-electron chi connectivity index (χ4n) is 2.87. The van der Waals surface area contributed by atoms with E-state index in [0.29, 0.717) is 23.6 Å². The van der Waals surface area contributed by atoms with E-state index in [0.717, 1.165) is 29.9 Å². The third-order valence-electron chi connectivity index (χ3n) is 3.98. The van der Waals surface area contributed by atoms with Crippen molar-refractivity contribution in [2.45, 2.75) is 32.7 Å². The molecule has 0 saturated carbocycles. The normalized spacial score (nSPS) is 14.3. The molecule has 0 fully saturated rings. The van der Waals surface area contributed by atoms with E-state index in [4.69, 9.17) is 11.6 Å². The Balaban J connectivity index is 2.13. The van der Waals surface area contributed by atoms with Crippen molar-refractivity contribution in [1.29, 1.82) is 0 Å². The molecule has 0 aliphatic heterocycles. The maximum atomic E-state index is 12.2. The summed E-state index contributed by atoms with van der Waals surface area (Å²) in [4.78, 5) is 24.2. The molecule has 5 nitrogen and oxygen atoms in total. The summed E-state index contributed by atoms with van der Waals surface area (Å²) in [6.45, 7) is 2.17. The van der Waals surface area contributed by atoms with Crippen molar-refractivity contribution in [1.82, 2.24) is 14.3 Å². The number of pyridine rings is 1. The minimum absolute atomic E-state index is 0.109. The van der Waals surface area contributed by atoms with E-state index in [-0.39, 0.29) is 11.3 Å². The molecular formula is C15H16ClN3O2. The quantitative estimate of drug-likeness (QED) is 0.854. The molecule has 0 amide bonds. The van der Waals surface area contributed by atoms with E-state index in [9.17, 15) is 9.59 Å². The van der Waals surface area contributed by atoms with Crippen LogP contribution in [0.3, 0.4) is 0 Å². The van der Waals surface area contributed by atoms with Crippen molar-refractivity contribution >= 4 is 17.4 Å². The predicted octanol–water partition coefficient (Wildman–Crippen LogP) is 2.11. The Morgan fingerprint density at radius 1 is 1.29 bits per heavy atom. The molecule has 6 heteroatoms. The average molecular weight is 306 g/mol. The van der Waals surface area contributed by atoms with Gasteiger partial charge < -0.3 is 4.57 Å². The van der Waals surface area contributed by atoms with Crippen molar-refractivity contribution in [3.8, 4) is 0 Å². The monoisotopic (exact) mass is 305 g/mol. The highest BCUT2D eigenvalue weighted by Gasteiger charge is 2.22. The molecule has 1 aliphatic carbocycles. The lowest BCUT2D eigenvalue weighted by Gasteiger charge is -2.20. The summed E-state index contributed by atoms with van der Waals surface area (Å²) in [5, 5.41) is 4.84. The fourth-order valence-corrected chi connectivity index (χ4v) is 3.09. The summed E-state index contributed by atoms with van der Waals surface area (Å²) in [6.07, 6.45) is 2.08. The fraction of sp³-hybridized carbons (Fsp3) is 0.400. The maximum absolute atomic E-state index is 12.2. The van der Waals surface area contributed by atoms with Gasteiger partial charge in [0.25, 0.3) is 5.56 Å². The van der Waals surface area contributed by atoms with Gasteiger partial charge in [0.1, 0.15) is 0 Å². The van der Waals surface area contributed by atoms with Crippen LogP contribution in [0.15, 0.2) is 16.9 Å². The predicted molar refractivity (Wildman–Crippen MR) is 80.0 cm³/mol. The summed E-state index contributed by atoms with van der Waals surface area (Å²) in [6, 6.07) is 3.10. The van der Waals surface area contributed by atoms with E-state index in [1.165, 1.54) is 6.07 Å². The molecule has 0 saturated heterocycles. The number of hydrogen-bond acceptors (Lipinski definition) is 3. The zero-order chi connectivity index (χ0) is 15.1. The molecule has 2 heterocycles. The molecule has 0 spiro atoms. The van der Waals surface area contributed by atoms with Gasteiger partial charge in [-0.2, -0.15) is 5.10 Å². The van der Waals surface area contributed by atoms with Crippen LogP contribution < -0.4 is 5.56 Å². The van der Waals surface area contributed by atoms with E-state index < -0.39 is 0 Å². The van der Waals surface area contributed by atoms with Gasteiger partial charge in [-0.25, -0.2) is 0 Å². The van der Waals surface area contributed by atoms with Crippen LogP contribution in [-0.2, 0) is 20.0 Å². The number of carbonyl (C=O) groups excluding carboxylic acids is 1. The van der Waals surface area contributed by atoms with Crippen molar-refractivity contribution in [3.05, 3.63) is 50.2 Å². The SMILES string of the molecule is Cc1nn(C)c(Cn2c3c(ccc2=O)C(=O)CCC3)c1Cl. The van der Waals surface area contributed by atoms with E-state index in [1.807, 2.05) is 6.92 Å². The van der Waals surface area contributed by atoms with Gasteiger partial charge in [-0.05, 0) is 25.8 Å². The molecule has 0 aromatic carbocycles. The van der Waals surface area contributed by atoms with Gasteiger partial charge in [0, 0.05) is 30.8 Å². The molecule has 2 aromatic heterocycles. The Hall–Kier alpha value is -1.88. The Morgan fingerprint density at radius 2 is 2.05 bits per heavy atom. The van der Waals surface area contributed by atoms with Gasteiger partial charge >= 0.3 is 0 Å². The molecule has 0 radical (unpaired) electrons. The van der Waals surface area contributed by atoms with Gasteiger partial charge in [0.15, 0.2) is 5.78 Å². The van der Waals surface area contributed by atoms with E-state index in [2.05, 4.69) is 5.10 Å². The van der Waals surface area contributed by atoms with Crippen LogP contribution in [0.4, 0.5) is 0 Å². The van der Waals surface area contributed by atoms with Crippen LogP contribution in [0.1, 0.15) is 40.3 Å². The summed E-state index contributed by atoms with van der Waals surface area (Å²) < 4.78 is 3.34. The largest absolute Gasteiger partial charge is 0.306 e. The van der Waals surface area contributed by atoms with Crippen LogP contribution in [0, 0.1) is 6.92 Å². The topological polar surface area (TPSA) is 56.9 Å². The Kier molecular flexibility index (Phi) is 3.45. The van der Waals surface area contributed by atoms with Crippen LogP contribution in [-0.4, -0.2) is 20.1 Å². The summed E-state index contributed by atoms with van der Waals surface area (Å²) >= 11 is 6.26. The highest BCUT2D eigenvalue weighted by Crippen LogP contribution is 2.23. The zero-order valence-corrected chi connectivity index (χ0v) is 12.8. The Labute approximate surface area is 127 Å². The maximum Gasteiger partial charge on any atom is 0.251 e. The number of Topliss-reactive ketones (excluding diaryl/α,β-unsaturated/α-hetero) is 1. The zero-order valence-electron chi connectivity index (χ0n) is 12.0. The van der Waals surface area contributed by atoms with Crippen LogP contribution >= 0.6 is 11.6 Å². The lowest BCUT2D eigenvalue weighted by atomic mass is 9.94. The third-order valence-corrected chi connectivity index (χ3v) is 4.47. The van der Waals surface area contributed by atoms with Crippen LogP contribution in [0.5, 0.6) is 0 Å². The Bertz CT molecular complexity index is 789. The first-order valence-corrected chi connectivity index (χ1v) is 7.30. The lowest BCUT2D eigenvalue weighted by Crippen LogP contribution is -2.29. The smallest absolute Gasteiger partial charge is 0.251 e. The third kappa shape index (κ3) is 2.31. The van der Waals surface area contributed by atoms with Crippen molar-refractivity contribution in [2.24, 2.45) is 7.05 Å². The van der Waals surface area contributed by atoms with Crippen LogP contribution in [0.2, 0.25) is 5.02 Å². The second-order valence-electron chi connectivity index (χ2n) is 5.36. The second kappa shape index (κ2) is 5.15. The molecule has 0 unspecified atom stereocenters. The molecule has 3 rings (SSSR count). The first kappa shape index (κ1) is 14.1. The van der Waals surface area contributed by atoms with Gasteiger partial charge in [0.2, 0.25) is 0 Å². The molecule has 1 aliphatic rings. The van der Waals surface area contributed by atoms with Crippen molar-refractivity contribution in [3.63, 3.8) is 0 Å². The highest BCUT2D eigenvalue weighted by atomic mass is 35.5. The second-order valence-corrected chi connectivity index (χ2v) is 5.74. The number of halogens is 1. The number of aromatic nitrogens is 3. The number of fused-ring (bicyclic) bond motifs is 1. The van der Waals surface area contributed by atoms with Gasteiger partial charge in [0.05, 0.1) is 23.0 Å². The van der Waals surface area contributed by atoms with Gasteiger partial charge in [-0.3, -0.25) is 14.3 Å². The number of rotatable bonds is 2. The average Bonchev–Trinajstić information content (AvgIpc) is 2.68. The Morgan fingerprint density at radius 3 is 2.71 bits per heavy atom. The summed E-state index contributed by atoms with van der Waals surface area (Å²) in [5.41, 5.74) is 2.88.